The number of oxazole rings is 1. The second-order valence-corrected chi connectivity index (χ2v) is 8.17. The van der Waals surface area contributed by atoms with Crippen molar-refractivity contribution < 1.29 is 18.7 Å². The van der Waals surface area contributed by atoms with Gasteiger partial charge in [-0.1, -0.05) is 6.42 Å². The second-order valence-electron chi connectivity index (χ2n) is 8.17. The Hall–Kier alpha value is -3.57. The van der Waals surface area contributed by atoms with Crippen molar-refractivity contribution in [3.8, 4) is 11.3 Å². The Morgan fingerprint density at radius 1 is 1.06 bits per heavy atom. The summed E-state index contributed by atoms with van der Waals surface area (Å²) in [6.07, 6.45) is 5.02. The molecule has 4 rings (SSSR count). The second kappa shape index (κ2) is 11.7. The molecule has 0 saturated heterocycles. The maximum Gasteiger partial charge on any atom is 0.292 e. The van der Waals surface area contributed by atoms with E-state index in [2.05, 4.69) is 15.0 Å². The summed E-state index contributed by atoms with van der Waals surface area (Å²) >= 11 is 0. The third-order valence-electron chi connectivity index (χ3n) is 5.66. The lowest BCUT2D eigenvalue weighted by Crippen LogP contribution is -2.08. The minimum absolute atomic E-state index is 0.114. The molecule has 11 nitrogen and oxygen atoms in total. The zero-order chi connectivity index (χ0) is 24.6. The highest BCUT2D eigenvalue weighted by atomic mass is 16.5. The molecule has 3 heterocycles. The van der Waals surface area contributed by atoms with Crippen LogP contribution >= 0.6 is 0 Å². The molecule has 0 aliphatic heterocycles. The molecule has 0 amide bonds. The van der Waals surface area contributed by atoms with E-state index in [1.54, 1.807) is 6.07 Å². The summed E-state index contributed by atoms with van der Waals surface area (Å²) in [4.78, 5) is 24.8. The Labute approximate surface area is 202 Å². The number of nitrogen functional groups attached to an aromatic ring is 2. The molecule has 3 aromatic heterocycles. The first-order valence-electron chi connectivity index (χ1n) is 11.9. The smallest absolute Gasteiger partial charge is 0.292 e. The van der Waals surface area contributed by atoms with Crippen LogP contribution in [0, 0.1) is 0 Å². The topological polar surface area (TPSA) is 157 Å². The minimum atomic E-state index is 0.114. The summed E-state index contributed by atoms with van der Waals surface area (Å²) in [6.45, 7) is 4.80. The SMILES string of the molecule is CCOCCOCCC(=O)CCCCCn1nc(-c2ccc3oc(N)nc3c2)c2c(N)ncnc21. The quantitative estimate of drug-likeness (QED) is 0.256. The normalized spacial score (nSPS) is 11.6. The van der Waals surface area contributed by atoms with E-state index < -0.39 is 0 Å². The molecule has 0 fully saturated rings. The van der Waals surface area contributed by atoms with Crippen molar-refractivity contribution in [2.75, 3.05) is 37.9 Å². The Kier molecular flexibility index (Phi) is 8.22. The first kappa shape index (κ1) is 24.6. The van der Waals surface area contributed by atoms with Crippen molar-refractivity contribution in [1.29, 1.82) is 0 Å². The van der Waals surface area contributed by atoms with Crippen molar-refractivity contribution in [3.05, 3.63) is 24.5 Å². The van der Waals surface area contributed by atoms with Gasteiger partial charge in [0.25, 0.3) is 6.01 Å². The molecule has 4 N–H and O–H groups in total. The molecule has 186 valence electrons. The summed E-state index contributed by atoms with van der Waals surface area (Å²) < 4.78 is 17.8. The maximum atomic E-state index is 12.1. The molecular weight excluding hydrogens is 450 g/mol. The van der Waals surface area contributed by atoms with Gasteiger partial charge >= 0.3 is 0 Å². The number of unbranched alkanes of at least 4 members (excludes halogenated alkanes) is 2. The third kappa shape index (κ3) is 6.11. The lowest BCUT2D eigenvalue weighted by molar-refractivity contribution is -0.120. The highest BCUT2D eigenvalue weighted by Crippen LogP contribution is 2.32. The van der Waals surface area contributed by atoms with Crippen LogP contribution in [0.1, 0.15) is 39.0 Å². The molecule has 0 spiro atoms. The van der Waals surface area contributed by atoms with Crippen LogP contribution < -0.4 is 11.5 Å². The fourth-order valence-corrected chi connectivity index (χ4v) is 3.92. The van der Waals surface area contributed by atoms with Crippen molar-refractivity contribution in [2.45, 2.75) is 45.6 Å². The summed E-state index contributed by atoms with van der Waals surface area (Å²) in [5.74, 6) is 0.586. The molecule has 4 aromatic rings. The molecule has 0 saturated carbocycles. The number of fused-ring (bicyclic) bond motifs is 2. The molecule has 0 aliphatic rings. The standard InChI is InChI=1S/C24H31N7O4/c1-2-33-12-13-34-11-9-17(32)6-4-3-5-10-31-23-20(22(25)27-15-28-23)21(30-31)16-7-8-19-18(14-16)29-24(26)35-19/h7-8,14-15H,2-6,9-13H2,1H3,(H2,26,29)(H2,25,27,28). The lowest BCUT2D eigenvalue weighted by atomic mass is 10.1. The highest BCUT2D eigenvalue weighted by Gasteiger charge is 2.18. The molecule has 0 atom stereocenters. The van der Waals surface area contributed by atoms with Gasteiger partial charge in [-0.2, -0.15) is 10.1 Å². The number of nitrogens with zero attached hydrogens (tertiary/aromatic N) is 5. The molecule has 35 heavy (non-hydrogen) atoms. The van der Waals surface area contributed by atoms with Gasteiger partial charge in [-0.3, -0.25) is 4.79 Å². The molecule has 1 aromatic carbocycles. The van der Waals surface area contributed by atoms with Gasteiger partial charge in [-0.15, -0.1) is 0 Å². The van der Waals surface area contributed by atoms with E-state index in [9.17, 15) is 4.79 Å². The van der Waals surface area contributed by atoms with Crippen LogP contribution in [-0.2, 0) is 20.8 Å². The average Bonchev–Trinajstić information content (AvgIpc) is 3.41. The molecule has 11 heteroatoms. The zero-order valence-electron chi connectivity index (χ0n) is 19.9. The van der Waals surface area contributed by atoms with Crippen molar-refractivity contribution in [2.24, 2.45) is 0 Å². The van der Waals surface area contributed by atoms with E-state index in [1.807, 2.05) is 23.7 Å². The van der Waals surface area contributed by atoms with Crippen molar-refractivity contribution in [1.82, 2.24) is 24.7 Å². The van der Waals surface area contributed by atoms with E-state index in [-0.39, 0.29) is 11.8 Å². The van der Waals surface area contributed by atoms with E-state index in [1.165, 1.54) is 6.33 Å². The van der Waals surface area contributed by atoms with Gasteiger partial charge < -0.3 is 25.4 Å². The van der Waals surface area contributed by atoms with Crippen LogP contribution in [0.2, 0.25) is 0 Å². The number of hydrogen-bond acceptors (Lipinski definition) is 10. The van der Waals surface area contributed by atoms with E-state index in [4.69, 9.17) is 30.5 Å². The van der Waals surface area contributed by atoms with E-state index >= 15 is 0 Å². The third-order valence-corrected chi connectivity index (χ3v) is 5.66. The maximum absolute atomic E-state index is 12.1. The summed E-state index contributed by atoms with van der Waals surface area (Å²) in [5.41, 5.74) is 15.3. The molecule has 0 bridgehead atoms. The average molecular weight is 482 g/mol. The summed E-state index contributed by atoms with van der Waals surface area (Å²) in [5, 5.41) is 5.49. The predicted molar refractivity (Wildman–Crippen MR) is 133 cm³/mol. The van der Waals surface area contributed by atoms with E-state index in [0.29, 0.717) is 79.5 Å². The van der Waals surface area contributed by atoms with Crippen LogP contribution in [0.5, 0.6) is 0 Å². The largest absolute Gasteiger partial charge is 0.424 e. The lowest BCUT2D eigenvalue weighted by Gasteiger charge is -2.05. The minimum Gasteiger partial charge on any atom is -0.424 e. The van der Waals surface area contributed by atoms with Crippen LogP contribution in [-0.4, -0.2) is 56.9 Å². The highest BCUT2D eigenvalue weighted by molar-refractivity contribution is 5.99. The number of ketones is 1. The number of benzene rings is 1. The Morgan fingerprint density at radius 2 is 1.91 bits per heavy atom. The van der Waals surface area contributed by atoms with Gasteiger partial charge in [0.05, 0.1) is 25.2 Å². The molecule has 0 aliphatic carbocycles. The monoisotopic (exact) mass is 481 g/mol. The number of Topliss-reactive ketones (excluding diaryl/α,β-unsaturated/α-hetero) is 1. The first-order chi connectivity index (χ1) is 17.1. The fourth-order valence-electron chi connectivity index (χ4n) is 3.92. The van der Waals surface area contributed by atoms with E-state index in [0.717, 1.165) is 24.8 Å². The number of ether oxygens (including phenoxy) is 2. The molecule has 0 radical (unpaired) electrons. The number of nitrogens with two attached hydrogens (primary N) is 2. The molecule has 0 unspecified atom stereocenters. The van der Waals surface area contributed by atoms with Gasteiger partial charge in [0, 0.05) is 31.6 Å². The first-order valence-corrected chi connectivity index (χ1v) is 11.9. The number of hydrogen-bond donors (Lipinski definition) is 2. The predicted octanol–water partition coefficient (Wildman–Crippen LogP) is 3.37. The molecular formula is C24H31N7O4. The number of carbonyl (C=O) groups excluding carboxylic acids is 1. The van der Waals surface area contributed by atoms with Crippen LogP contribution in [0.15, 0.2) is 28.9 Å². The number of carbonyl (C=O) groups is 1. The van der Waals surface area contributed by atoms with Crippen LogP contribution in [0.25, 0.3) is 33.4 Å². The van der Waals surface area contributed by atoms with Gasteiger partial charge in [0.15, 0.2) is 11.2 Å². The number of rotatable bonds is 14. The number of aryl methyl sites for hydroxylation is 1. The van der Waals surface area contributed by atoms with Crippen LogP contribution in [0.4, 0.5) is 11.8 Å². The summed E-state index contributed by atoms with van der Waals surface area (Å²) in [6, 6.07) is 5.67. The number of anilines is 2. The van der Waals surface area contributed by atoms with Crippen molar-refractivity contribution >= 4 is 39.7 Å². The Morgan fingerprint density at radius 3 is 2.77 bits per heavy atom. The fraction of sp³-hybridized carbons (Fsp3) is 0.458. The number of aromatic nitrogens is 5. The summed E-state index contributed by atoms with van der Waals surface area (Å²) in [7, 11) is 0. The van der Waals surface area contributed by atoms with Gasteiger partial charge in [-0.05, 0) is 38.0 Å². The van der Waals surface area contributed by atoms with Gasteiger partial charge in [-0.25, -0.2) is 14.6 Å². The van der Waals surface area contributed by atoms with Crippen LogP contribution in [0.3, 0.4) is 0 Å². The zero-order valence-corrected chi connectivity index (χ0v) is 19.9. The van der Waals surface area contributed by atoms with Gasteiger partial charge in [0.2, 0.25) is 0 Å². The van der Waals surface area contributed by atoms with Crippen molar-refractivity contribution in [3.63, 3.8) is 0 Å². The Bertz CT molecular complexity index is 1280. The van der Waals surface area contributed by atoms with Gasteiger partial charge in [0.1, 0.15) is 29.1 Å². The Balaban J connectivity index is 1.34.